The van der Waals surface area contributed by atoms with Crippen LogP contribution in [0.1, 0.15) is 32.1 Å². The number of anilines is 1. The zero-order valence-corrected chi connectivity index (χ0v) is 12.1. The number of rotatable bonds is 1. The molecule has 0 bridgehead atoms. The van der Waals surface area contributed by atoms with Crippen molar-refractivity contribution in [2.75, 3.05) is 11.4 Å². The predicted molar refractivity (Wildman–Crippen MR) is 72.7 cm³/mol. The van der Waals surface area contributed by atoms with E-state index in [0.717, 1.165) is 12.8 Å². The molecule has 1 aliphatic carbocycles. The molecule has 1 unspecified atom stereocenters. The van der Waals surface area contributed by atoms with Crippen LogP contribution in [0.25, 0.3) is 0 Å². The topological polar surface area (TPSA) is 76.1 Å². The predicted octanol–water partition coefficient (Wildman–Crippen LogP) is 2.04. The third kappa shape index (κ3) is 2.07. The van der Waals surface area contributed by atoms with Gasteiger partial charge in [-0.3, -0.25) is 14.5 Å². The molecule has 0 N–H and O–H groups in total. The first-order valence-electron chi connectivity index (χ1n) is 6.45. The molecule has 1 amide bonds. The molecule has 6 nitrogen and oxygen atoms in total. The molecular formula is C12H12Cl2N4O2. The van der Waals surface area contributed by atoms with Gasteiger partial charge >= 0.3 is 0 Å². The molecule has 1 saturated carbocycles. The number of nitrogens with zero attached hydrogens (tertiary/aromatic N) is 4. The largest absolute Gasteiger partial charge is 0.299 e. The van der Waals surface area contributed by atoms with Gasteiger partial charge in [0.05, 0.1) is 0 Å². The molecule has 2 fully saturated rings. The van der Waals surface area contributed by atoms with Gasteiger partial charge in [-0.25, -0.2) is 0 Å². The molecule has 3 rings (SSSR count). The van der Waals surface area contributed by atoms with E-state index in [1.165, 1.54) is 4.90 Å². The van der Waals surface area contributed by atoms with Gasteiger partial charge in [0.25, 0.3) is 0 Å². The Kier molecular flexibility index (Phi) is 3.38. The Hall–Kier alpha value is -1.27. The summed E-state index contributed by atoms with van der Waals surface area (Å²) in [6.45, 7) is 0.404. The Morgan fingerprint density at radius 1 is 1.00 bits per heavy atom. The van der Waals surface area contributed by atoms with Crippen molar-refractivity contribution in [2.45, 2.75) is 32.1 Å². The number of ketones is 1. The van der Waals surface area contributed by atoms with E-state index >= 15 is 0 Å². The van der Waals surface area contributed by atoms with Gasteiger partial charge in [-0.2, -0.15) is 15.0 Å². The minimum Gasteiger partial charge on any atom is -0.299 e. The lowest BCUT2D eigenvalue weighted by molar-refractivity contribution is -0.140. The fourth-order valence-corrected chi connectivity index (χ4v) is 3.33. The smallest absolute Gasteiger partial charge is 0.243 e. The average Bonchev–Trinajstić information content (AvgIpc) is 2.71. The molecule has 1 aliphatic heterocycles. The molecule has 2 heterocycles. The molecule has 1 saturated heterocycles. The number of carbonyl (C=O) groups is 2. The van der Waals surface area contributed by atoms with Gasteiger partial charge in [0.1, 0.15) is 11.2 Å². The van der Waals surface area contributed by atoms with Crippen LogP contribution in [0.2, 0.25) is 10.6 Å². The number of hydrogen-bond acceptors (Lipinski definition) is 5. The summed E-state index contributed by atoms with van der Waals surface area (Å²) >= 11 is 11.5. The first-order chi connectivity index (χ1) is 9.53. The van der Waals surface area contributed by atoms with Crippen LogP contribution < -0.4 is 4.90 Å². The summed E-state index contributed by atoms with van der Waals surface area (Å²) in [6, 6.07) is 0. The number of carbonyl (C=O) groups excluding carboxylic acids is 2. The number of amides is 1. The maximum absolute atomic E-state index is 12.6. The van der Waals surface area contributed by atoms with Crippen molar-refractivity contribution in [3.63, 3.8) is 0 Å². The first-order valence-corrected chi connectivity index (χ1v) is 7.21. The maximum Gasteiger partial charge on any atom is 0.243 e. The van der Waals surface area contributed by atoms with Crippen LogP contribution >= 0.6 is 23.2 Å². The quantitative estimate of drug-likeness (QED) is 0.741. The van der Waals surface area contributed by atoms with Crippen LogP contribution in [-0.4, -0.2) is 33.2 Å². The minimum absolute atomic E-state index is 0.0301. The Labute approximate surface area is 125 Å². The molecule has 106 valence electrons. The maximum atomic E-state index is 12.6. The van der Waals surface area contributed by atoms with Crippen LogP contribution in [0, 0.1) is 5.41 Å². The molecule has 1 atom stereocenters. The molecule has 1 aromatic rings. The summed E-state index contributed by atoms with van der Waals surface area (Å²) < 4.78 is 0. The fourth-order valence-electron chi connectivity index (χ4n) is 2.98. The zero-order chi connectivity index (χ0) is 14.3. The van der Waals surface area contributed by atoms with E-state index in [-0.39, 0.29) is 28.2 Å². The molecular weight excluding hydrogens is 303 g/mol. The SMILES string of the molecule is O=C1CCCCC12CCN(c1nc(Cl)nc(Cl)n1)C2=O. The summed E-state index contributed by atoms with van der Waals surface area (Å²) in [6.07, 6.45) is 3.33. The van der Waals surface area contributed by atoms with Gasteiger partial charge in [-0.1, -0.05) is 6.42 Å². The van der Waals surface area contributed by atoms with Crippen LogP contribution in [-0.2, 0) is 9.59 Å². The van der Waals surface area contributed by atoms with Crippen molar-refractivity contribution >= 4 is 40.8 Å². The highest BCUT2D eigenvalue weighted by atomic mass is 35.5. The van der Waals surface area contributed by atoms with Gasteiger partial charge in [-0.15, -0.1) is 0 Å². The number of Topliss-reactive ketones (excluding diaryl/α,β-unsaturated/α-hetero) is 1. The summed E-state index contributed by atoms with van der Waals surface area (Å²) in [5.74, 6) is -0.0849. The Bertz CT molecular complexity index is 575. The molecule has 20 heavy (non-hydrogen) atoms. The van der Waals surface area contributed by atoms with E-state index in [1.807, 2.05) is 0 Å². The zero-order valence-electron chi connectivity index (χ0n) is 10.6. The highest BCUT2D eigenvalue weighted by molar-refractivity contribution is 6.31. The number of halogens is 2. The standard InChI is InChI=1S/C12H12Cl2N4O2/c13-9-15-10(14)17-11(16-9)18-6-5-12(8(18)20)4-2-1-3-7(12)19/h1-6H2. The van der Waals surface area contributed by atoms with E-state index < -0.39 is 5.41 Å². The number of hydrogen-bond donors (Lipinski definition) is 0. The van der Waals surface area contributed by atoms with Crippen molar-refractivity contribution in [2.24, 2.45) is 5.41 Å². The average molecular weight is 315 g/mol. The normalized spacial score (nSPS) is 26.6. The fraction of sp³-hybridized carbons (Fsp3) is 0.583. The Balaban J connectivity index is 1.94. The second-order valence-electron chi connectivity index (χ2n) is 5.09. The lowest BCUT2D eigenvalue weighted by atomic mass is 9.72. The molecule has 1 spiro atoms. The lowest BCUT2D eigenvalue weighted by Crippen LogP contribution is -2.42. The van der Waals surface area contributed by atoms with E-state index in [9.17, 15) is 9.59 Å². The second kappa shape index (κ2) is 4.93. The van der Waals surface area contributed by atoms with Crippen molar-refractivity contribution < 1.29 is 9.59 Å². The van der Waals surface area contributed by atoms with Crippen LogP contribution in [0.5, 0.6) is 0 Å². The van der Waals surface area contributed by atoms with Gasteiger partial charge < -0.3 is 0 Å². The summed E-state index contributed by atoms with van der Waals surface area (Å²) in [5, 5.41) is -0.132. The molecule has 1 aromatic heterocycles. The summed E-state index contributed by atoms with van der Waals surface area (Å²) in [5.41, 5.74) is -0.885. The van der Waals surface area contributed by atoms with Gasteiger partial charge in [0.2, 0.25) is 22.4 Å². The van der Waals surface area contributed by atoms with E-state index in [1.54, 1.807) is 0 Å². The molecule has 8 heteroatoms. The Morgan fingerprint density at radius 3 is 2.35 bits per heavy atom. The molecule has 2 aliphatic rings. The van der Waals surface area contributed by atoms with Crippen molar-refractivity contribution in [3.8, 4) is 0 Å². The monoisotopic (exact) mass is 314 g/mol. The van der Waals surface area contributed by atoms with Gasteiger partial charge in [0.15, 0.2) is 0 Å². The van der Waals surface area contributed by atoms with Crippen LogP contribution in [0.4, 0.5) is 5.95 Å². The van der Waals surface area contributed by atoms with Crippen molar-refractivity contribution in [1.29, 1.82) is 0 Å². The van der Waals surface area contributed by atoms with Gasteiger partial charge in [-0.05, 0) is 42.5 Å². The first kappa shape index (κ1) is 13.7. The van der Waals surface area contributed by atoms with Crippen LogP contribution in [0.15, 0.2) is 0 Å². The second-order valence-corrected chi connectivity index (χ2v) is 5.77. The van der Waals surface area contributed by atoms with Crippen molar-refractivity contribution in [1.82, 2.24) is 15.0 Å². The Morgan fingerprint density at radius 2 is 1.70 bits per heavy atom. The third-order valence-corrected chi connectivity index (χ3v) is 4.36. The highest BCUT2D eigenvalue weighted by Gasteiger charge is 2.53. The number of aromatic nitrogens is 3. The lowest BCUT2D eigenvalue weighted by Gasteiger charge is -2.29. The van der Waals surface area contributed by atoms with Crippen molar-refractivity contribution in [3.05, 3.63) is 10.6 Å². The summed E-state index contributed by atoms with van der Waals surface area (Å²) in [7, 11) is 0. The summed E-state index contributed by atoms with van der Waals surface area (Å²) in [4.78, 5) is 37.7. The minimum atomic E-state index is -0.885. The molecule has 0 radical (unpaired) electrons. The van der Waals surface area contributed by atoms with E-state index in [4.69, 9.17) is 23.2 Å². The van der Waals surface area contributed by atoms with Gasteiger partial charge in [0, 0.05) is 13.0 Å². The molecule has 0 aromatic carbocycles. The van der Waals surface area contributed by atoms with E-state index in [0.29, 0.717) is 25.8 Å². The third-order valence-electron chi connectivity index (χ3n) is 4.02. The highest BCUT2D eigenvalue weighted by Crippen LogP contribution is 2.43. The van der Waals surface area contributed by atoms with E-state index in [2.05, 4.69) is 15.0 Å². The van der Waals surface area contributed by atoms with Crippen LogP contribution in [0.3, 0.4) is 0 Å².